The second kappa shape index (κ2) is 7.72. The number of rotatable bonds is 4. The van der Waals surface area contributed by atoms with E-state index < -0.39 is 40.2 Å². The number of nitrogens with one attached hydrogen (secondary N) is 1. The molecule has 1 aliphatic carbocycles. The van der Waals surface area contributed by atoms with Crippen molar-refractivity contribution in [3.63, 3.8) is 0 Å². The van der Waals surface area contributed by atoms with E-state index in [2.05, 4.69) is 12.2 Å². The van der Waals surface area contributed by atoms with Gasteiger partial charge < -0.3 is 19.9 Å². The van der Waals surface area contributed by atoms with Crippen molar-refractivity contribution in [2.24, 2.45) is 5.92 Å². The molecule has 0 radical (unpaired) electrons. The fraction of sp³-hybridized carbons (Fsp3) is 0.435. The van der Waals surface area contributed by atoms with Crippen molar-refractivity contribution in [2.45, 2.75) is 51.7 Å². The lowest BCUT2D eigenvalue weighted by Crippen LogP contribution is -2.61. The zero-order valence-corrected chi connectivity index (χ0v) is 18.1. The van der Waals surface area contributed by atoms with Crippen LogP contribution in [0.4, 0.5) is 8.78 Å². The van der Waals surface area contributed by atoms with Gasteiger partial charge in [0.1, 0.15) is 17.2 Å². The number of hydrogen-bond acceptors (Lipinski definition) is 4. The number of hydrogen-bond donors (Lipinski definition) is 2. The molecule has 4 rings (SSSR count). The number of amides is 2. The van der Waals surface area contributed by atoms with Crippen LogP contribution in [0.1, 0.15) is 60.0 Å². The molecule has 0 unspecified atom stereocenters. The van der Waals surface area contributed by atoms with Crippen LogP contribution < -0.4 is 10.7 Å². The normalized spacial score (nSPS) is 22.1. The van der Waals surface area contributed by atoms with Crippen LogP contribution in [0.15, 0.2) is 29.2 Å². The average molecular weight is 445 g/mol. The highest BCUT2D eigenvalue weighted by Gasteiger charge is 2.51. The summed E-state index contributed by atoms with van der Waals surface area (Å²) in [6.45, 7) is 5.97. The summed E-state index contributed by atoms with van der Waals surface area (Å²) >= 11 is 0. The first-order valence-corrected chi connectivity index (χ1v) is 10.6. The van der Waals surface area contributed by atoms with Gasteiger partial charge in [-0.2, -0.15) is 0 Å². The number of carbonyl (C=O) groups excluding carboxylic acids is 2. The van der Waals surface area contributed by atoms with E-state index in [9.17, 15) is 28.3 Å². The molecule has 9 heteroatoms. The van der Waals surface area contributed by atoms with Crippen LogP contribution in [-0.4, -0.2) is 39.0 Å². The summed E-state index contributed by atoms with van der Waals surface area (Å²) in [7, 11) is 0. The third kappa shape index (κ3) is 3.45. The smallest absolute Gasteiger partial charge is 0.274 e. The first-order chi connectivity index (χ1) is 15.0. The van der Waals surface area contributed by atoms with E-state index in [0.29, 0.717) is 18.5 Å². The Hall–Kier alpha value is -3.23. The number of nitrogens with zero attached hydrogens (tertiary/aromatic N) is 2. The third-order valence-electron chi connectivity index (χ3n) is 6.40. The van der Waals surface area contributed by atoms with Crippen molar-refractivity contribution in [1.29, 1.82) is 0 Å². The van der Waals surface area contributed by atoms with Crippen LogP contribution in [0, 0.1) is 17.6 Å². The fourth-order valence-electron chi connectivity index (χ4n) is 4.86. The number of pyridine rings is 1. The van der Waals surface area contributed by atoms with Gasteiger partial charge in [0.25, 0.3) is 11.8 Å². The van der Waals surface area contributed by atoms with Gasteiger partial charge in [0.2, 0.25) is 5.43 Å². The second-order valence-corrected chi connectivity index (χ2v) is 9.12. The van der Waals surface area contributed by atoms with E-state index in [4.69, 9.17) is 0 Å². The Morgan fingerprint density at radius 2 is 1.97 bits per heavy atom. The van der Waals surface area contributed by atoms with Crippen LogP contribution >= 0.6 is 0 Å². The molecule has 32 heavy (non-hydrogen) atoms. The molecule has 7 nitrogen and oxygen atoms in total. The zero-order valence-electron chi connectivity index (χ0n) is 18.1. The molecule has 1 saturated carbocycles. The van der Waals surface area contributed by atoms with Gasteiger partial charge in [-0.25, -0.2) is 8.78 Å². The van der Waals surface area contributed by atoms with Crippen molar-refractivity contribution >= 4 is 11.8 Å². The van der Waals surface area contributed by atoms with Gasteiger partial charge in [0, 0.05) is 37.0 Å². The van der Waals surface area contributed by atoms with E-state index in [0.717, 1.165) is 18.9 Å². The van der Waals surface area contributed by atoms with Crippen molar-refractivity contribution in [2.75, 3.05) is 6.54 Å². The largest absolute Gasteiger partial charge is 0.503 e. The minimum absolute atomic E-state index is 0.0501. The lowest BCUT2D eigenvalue weighted by molar-refractivity contribution is 0.000392. The van der Waals surface area contributed by atoms with E-state index in [1.54, 1.807) is 9.47 Å². The Morgan fingerprint density at radius 1 is 1.28 bits per heavy atom. The molecule has 1 aromatic heterocycles. The van der Waals surface area contributed by atoms with Gasteiger partial charge in [0.15, 0.2) is 11.4 Å². The molecule has 0 saturated heterocycles. The first-order valence-electron chi connectivity index (χ1n) is 10.6. The van der Waals surface area contributed by atoms with Crippen LogP contribution in [0.2, 0.25) is 0 Å². The first kappa shape index (κ1) is 22.0. The van der Waals surface area contributed by atoms with Gasteiger partial charge >= 0.3 is 0 Å². The van der Waals surface area contributed by atoms with Crippen molar-refractivity contribution in [1.82, 2.24) is 14.8 Å². The molecule has 1 aliphatic heterocycles. The average Bonchev–Trinajstić information content (AvgIpc) is 2.70. The number of benzene rings is 1. The Bertz CT molecular complexity index is 1170. The minimum atomic E-state index is -0.963. The van der Waals surface area contributed by atoms with E-state index in [1.165, 1.54) is 12.3 Å². The number of aromatic nitrogens is 1. The summed E-state index contributed by atoms with van der Waals surface area (Å²) in [5.41, 5.74) is -1.86. The Kier molecular flexibility index (Phi) is 5.30. The topological polar surface area (TPSA) is 91.6 Å². The van der Waals surface area contributed by atoms with Gasteiger partial charge in [-0.3, -0.25) is 14.4 Å². The Balaban J connectivity index is 1.71. The monoisotopic (exact) mass is 445 g/mol. The molecule has 0 bridgehead atoms. The highest BCUT2D eigenvalue weighted by atomic mass is 19.1. The van der Waals surface area contributed by atoms with Crippen LogP contribution in [0.5, 0.6) is 5.75 Å². The summed E-state index contributed by atoms with van der Waals surface area (Å²) in [6.07, 6.45) is 2.80. The van der Waals surface area contributed by atoms with Crippen molar-refractivity contribution in [3.8, 4) is 5.75 Å². The van der Waals surface area contributed by atoms with E-state index in [-0.39, 0.29) is 29.4 Å². The molecule has 2 N–H and O–H groups in total. The molecule has 2 aliphatic rings. The van der Waals surface area contributed by atoms with Gasteiger partial charge in [-0.05, 0) is 38.7 Å². The summed E-state index contributed by atoms with van der Waals surface area (Å²) in [4.78, 5) is 40.2. The molecule has 1 fully saturated rings. The van der Waals surface area contributed by atoms with Crippen LogP contribution in [0.3, 0.4) is 0 Å². The molecule has 1 spiro atoms. The summed E-state index contributed by atoms with van der Waals surface area (Å²) in [5.74, 6) is -3.20. The predicted octanol–water partition coefficient (Wildman–Crippen LogP) is 2.75. The minimum Gasteiger partial charge on any atom is -0.503 e. The molecule has 1 aromatic carbocycles. The molecule has 2 heterocycles. The second-order valence-electron chi connectivity index (χ2n) is 9.12. The Morgan fingerprint density at radius 3 is 2.56 bits per heavy atom. The number of halogens is 2. The van der Waals surface area contributed by atoms with E-state index >= 15 is 0 Å². The molecular weight excluding hydrogens is 420 g/mol. The summed E-state index contributed by atoms with van der Waals surface area (Å²) < 4.78 is 28.5. The van der Waals surface area contributed by atoms with Gasteiger partial charge in [-0.1, -0.05) is 13.0 Å². The third-order valence-corrected chi connectivity index (χ3v) is 6.40. The fourth-order valence-corrected chi connectivity index (χ4v) is 4.86. The number of fused-ring (bicyclic) bond motifs is 2. The maximum atomic E-state index is 13.9. The molecule has 2 amide bonds. The number of aromatic hydroxyl groups is 1. The SMILES string of the molecule is CC(C)N1C[C@]2(C[C@@H](C)C2)n2cc(C(=O)NCc3ccc(F)cc3F)c(=O)c(O)c2C1=O. The standard InChI is InChI=1S/C23H25F2N3O4/c1-12(2)27-11-23(7-13(3)8-23)28-10-16(19(29)20(30)18(28)22(27)32)21(31)26-9-14-4-5-15(24)6-17(14)25/h4-6,10,12-13,30H,7-9,11H2,1-3H3,(H,26,31)/t13-,23-. The molecule has 0 atom stereocenters. The summed E-state index contributed by atoms with van der Waals surface area (Å²) in [6, 6.07) is 2.85. The van der Waals surface area contributed by atoms with Crippen LogP contribution in [0.25, 0.3) is 0 Å². The maximum absolute atomic E-state index is 13.9. The Labute approximate surface area is 183 Å². The zero-order chi connectivity index (χ0) is 23.4. The van der Waals surface area contributed by atoms with Crippen molar-refractivity contribution in [3.05, 3.63) is 63.1 Å². The summed E-state index contributed by atoms with van der Waals surface area (Å²) in [5, 5.41) is 13.1. The van der Waals surface area contributed by atoms with Crippen molar-refractivity contribution < 1.29 is 23.5 Å². The van der Waals surface area contributed by atoms with Crippen LogP contribution in [-0.2, 0) is 12.1 Å². The molecular formula is C23H25F2N3O4. The molecule has 2 aromatic rings. The van der Waals surface area contributed by atoms with Gasteiger partial charge in [-0.15, -0.1) is 0 Å². The lowest BCUT2D eigenvalue weighted by Gasteiger charge is -2.54. The maximum Gasteiger partial charge on any atom is 0.274 e. The molecule has 170 valence electrons. The highest BCUT2D eigenvalue weighted by molar-refractivity contribution is 5.99. The van der Waals surface area contributed by atoms with E-state index in [1.807, 2.05) is 13.8 Å². The quantitative estimate of drug-likeness (QED) is 0.757. The lowest BCUT2D eigenvalue weighted by atomic mass is 9.67. The predicted molar refractivity (Wildman–Crippen MR) is 112 cm³/mol. The number of carbonyl (C=O) groups is 2. The highest BCUT2D eigenvalue weighted by Crippen LogP contribution is 2.48. The van der Waals surface area contributed by atoms with Gasteiger partial charge in [0.05, 0.1) is 5.54 Å².